The van der Waals surface area contributed by atoms with Crippen LogP contribution in [0.3, 0.4) is 0 Å². The lowest BCUT2D eigenvalue weighted by atomic mass is 10.1. The van der Waals surface area contributed by atoms with Crippen molar-refractivity contribution in [1.82, 2.24) is 9.88 Å². The second-order valence-electron chi connectivity index (χ2n) is 4.16. The van der Waals surface area contributed by atoms with Crippen LogP contribution in [0.4, 0.5) is 5.82 Å². The molecule has 0 aromatic carbocycles. The van der Waals surface area contributed by atoms with E-state index >= 15 is 0 Å². The minimum absolute atomic E-state index is 0.134. The van der Waals surface area contributed by atoms with Crippen LogP contribution in [0.2, 0.25) is 5.02 Å². The maximum Gasteiger partial charge on any atom is 0.274 e. The van der Waals surface area contributed by atoms with Crippen LogP contribution in [0.1, 0.15) is 37.2 Å². The van der Waals surface area contributed by atoms with Gasteiger partial charge in [0.1, 0.15) is 11.5 Å². The van der Waals surface area contributed by atoms with E-state index in [1.54, 1.807) is 31.1 Å². The van der Waals surface area contributed by atoms with Crippen molar-refractivity contribution < 1.29 is 4.79 Å². The number of amides is 1. The van der Waals surface area contributed by atoms with E-state index in [4.69, 9.17) is 11.6 Å². The van der Waals surface area contributed by atoms with E-state index in [0.717, 1.165) is 12.8 Å². The molecule has 1 amide bonds. The molecule has 0 atom stereocenters. The predicted molar refractivity (Wildman–Crippen MR) is 75.3 cm³/mol. The maximum absolute atomic E-state index is 12.3. The molecule has 18 heavy (non-hydrogen) atoms. The lowest BCUT2D eigenvalue weighted by molar-refractivity contribution is 0.0718. The molecule has 0 radical (unpaired) electrons. The Kier molecular flexibility index (Phi) is 5.41. The van der Waals surface area contributed by atoms with Gasteiger partial charge in [-0.2, -0.15) is 0 Å². The third-order valence-electron chi connectivity index (χ3n) is 3.12. The fraction of sp³-hybridized carbons (Fsp3) is 0.538. The first-order valence-corrected chi connectivity index (χ1v) is 6.54. The predicted octanol–water partition coefficient (Wildman–Crippen LogP) is 3.04. The van der Waals surface area contributed by atoms with Gasteiger partial charge in [-0.15, -0.1) is 0 Å². The summed E-state index contributed by atoms with van der Waals surface area (Å²) >= 11 is 6.05. The Hall–Kier alpha value is -1.29. The monoisotopic (exact) mass is 269 g/mol. The summed E-state index contributed by atoms with van der Waals surface area (Å²) in [6.07, 6.45) is 1.84. The first kappa shape index (κ1) is 14.8. The molecule has 0 fully saturated rings. The number of carbonyl (C=O) groups excluding carboxylic acids is 1. The Morgan fingerprint density at radius 2 is 2.06 bits per heavy atom. The van der Waals surface area contributed by atoms with Gasteiger partial charge in [-0.25, -0.2) is 4.98 Å². The minimum Gasteiger partial charge on any atom is -0.373 e. The second kappa shape index (κ2) is 6.59. The lowest BCUT2D eigenvalue weighted by Crippen LogP contribution is -2.36. The number of anilines is 1. The smallest absolute Gasteiger partial charge is 0.274 e. The van der Waals surface area contributed by atoms with E-state index in [1.807, 2.05) is 0 Å². The average Bonchev–Trinajstić information content (AvgIpc) is 2.39. The van der Waals surface area contributed by atoms with Crippen LogP contribution < -0.4 is 5.32 Å². The number of nitrogens with zero attached hydrogens (tertiary/aromatic N) is 2. The number of pyridine rings is 1. The third-order valence-corrected chi connectivity index (χ3v) is 3.42. The van der Waals surface area contributed by atoms with Gasteiger partial charge in [-0.3, -0.25) is 4.79 Å². The van der Waals surface area contributed by atoms with Crippen LogP contribution in [-0.4, -0.2) is 35.9 Å². The van der Waals surface area contributed by atoms with Crippen LogP contribution >= 0.6 is 11.6 Å². The highest BCUT2D eigenvalue weighted by molar-refractivity contribution is 6.33. The number of hydrogen-bond acceptors (Lipinski definition) is 3. The molecule has 0 unspecified atom stereocenters. The molecule has 0 aliphatic heterocycles. The Labute approximate surface area is 113 Å². The Morgan fingerprint density at radius 1 is 1.44 bits per heavy atom. The van der Waals surface area contributed by atoms with E-state index < -0.39 is 0 Å². The molecule has 1 aromatic heterocycles. The maximum atomic E-state index is 12.3. The van der Waals surface area contributed by atoms with Crippen LogP contribution in [0, 0.1) is 0 Å². The van der Waals surface area contributed by atoms with E-state index in [0.29, 0.717) is 16.5 Å². The summed E-state index contributed by atoms with van der Waals surface area (Å²) in [5, 5.41) is 3.29. The van der Waals surface area contributed by atoms with Crippen molar-refractivity contribution in [2.45, 2.75) is 32.7 Å². The molecule has 5 heteroatoms. The highest BCUT2D eigenvalue weighted by atomic mass is 35.5. The molecule has 1 N–H and O–H groups in total. The highest BCUT2D eigenvalue weighted by Crippen LogP contribution is 2.19. The van der Waals surface area contributed by atoms with Gasteiger partial charge in [0.05, 0.1) is 5.02 Å². The molecule has 0 saturated carbocycles. The summed E-state index contributed by atoms with van der Waals surface area (Å²) in [5.74, 6) is 0.506. The number of nitrogens with one attached hydrogen (secondary N) is 1. The minimum atomic E-state index is -0.134. The molecule has 1 aromatic rings. The zero-order valence-electron chi connectivity index (χ0n) is 11.3. The van der Waals surface area contributed by atoms with Crippen molar-refractivity contribution in [3.05, 3.63) is 22.8 Å². The molecule has 1 rings (SSSR count). The zero-order valence-corrected chi connectivity index (χ0v) is 12.1. The molecule has 0 aliphatic carbocycles. The number of halogens is 1. The molecular formula is C13H20ClN3O. The van der Waals surface area contributed by atoms with Gasteiger partial charge in [0.2, 0.25) is 0 Å². The molecule has 0 bridgehead atoms. The van der Waals surface area contributed by atoms with E-state index in [2.05, 4.69) is 24.1 Å². The molecule has 4 nitrogen and oxygen atoms in total. The van der Waals surface area contributed by atoms with Crippen LogP contribution in [0.15, 0.2) is 12.1 Å². The van der Waals surface area contributed by atoms with Crippen molar-refractivity contribution in [1.29, 1.82) is 0 Å². The van der Waals surface area contributed by atoms with Crippen LogP contribution in [0.25, 0.3) is 0 Å². The molecule has 1 heterocycles. The molecular weight excluding hydrogens is 250 g/mol. The SMILES string of the molecule is CCC(CC)N(C)C(=O)c1nc(NC)ccc1Cl. The number of rotatable bonds is 5. The average molecular weight is 270 g/mol. The summed E-state index contributed by atoms with van der Waals surface area (Å²) < 4.78 is 0. The van der Waals surface area contributed by atoms with Gasteiger partial charge >= 0.3 is 0 Å². The number of aromatic nitrogens is 1. The third kappa shape index (κ3) is 3.13. The first-order chi connectivity index (χ1) is 8.54. The molecule has 100 valence electrons. The number of hydrogen-bond donors (Lipinski definition) is 1. The van der Waals surface area contributed by atoms with E-state index in [1.165, 1.54) is 0 Å². The summed E-state index contributed by atoms with van der Waals surface area (Å²) in [4.78, 5) is 18.3. The quantitative estimate of drug-likeness (QED) is 0.894. The van der Waals surface area contributed by atoms with Gasteiger partial charge in [0, 0.05) is 20.1 Å². The second-order valence-corrected chi connectivity index (χ2v) is 4.57. The van der Waals surface area contributed by atoms with Crippen molar-refractivity contribution in [2.75, 3.05) is 19.4 Å². The molecule has 0 saturated heterocycles. The summed E-state index contributed by atoms with van der Waals surface area (Å²) in [5.41, 5.74) is 0.304. The fourth-order valence-electron chi connectivity index (χ4n) is 1.90. The largest absolute Gasteiger partial charge is 0.373 e. The number of carbonyl (C=O) groups is 1. The molecule has 0 aliphatic rings. The van der Waals surface area contributed by atoms with Gasteiger partial charge < -0.3 is 10.2 Å². The van der Waals surface area contributed by atoms with Crippen LogP contribution in [0.5, 0.6) is 0 Å². The first-order valence-electron chi connectivity index (χ1n) is 6.16. The highest BCUT2D eigenvalue weighted by Gasteiger charge is 2.22. The normalized spacial score (nSPS) is 10.6. The van der Waals surface area contributed by atoms with Gasteiger partial charge in [-0.05, 0) is 25.0 Å². The standard InChI is InChI=1S/C13H20ClN3O/c1-5-9(6-2)17(4)13(18)12-10(14)7-8-11(15-3)16-12/h7-9H,5-6H2,1-4H3,(H,15,16). The topological polar surface area (TPSA) is 45.2 Å². The van der Waals surface area contributed by atoms with E-state index in [9.17, 15) is 4.79 Å². The fourth-order valence-corrected chi connectivity index (χ4v) is 2.09. The van der Waals surface area contributed by atoms with Gasteiger partial charge in [-0.1, -0.05) is 25.4 Å². The Balaban J connectivity index is 3.02. The van der Waals surface area contributed by atoms with Gasteiger partial charge in [0.15, 0.2) is 0 Å². The van der Waals surface area contributed by atoms with Crippen molar-refractivity contribution in [3.63, 3.8) is 0 Å². The zero-order chi connectivity index (χ0) is 13.7. The lowest BCUT2D eigenvalue weighted by Gasteiger charge is -2.26. The Morgan fingerprint density at radius 3 is 2.56 bits per heavy atom. The van der Waals surface area contributed by atoms with Crippen molar-refractivity contribution >= 4 is 23.3 Å². The summed E-state index contributed by atoms with van der Waals surface area (Å²) in [6.45, 7) is 4.13. The Bertz CT molecular complexity index is 419. The van der Waals surface area contributed by atoms with Gasteiger partial charge in [0.25, 0.3) is 5.91 Å². The summed E-state index contributed by atoms with van der Waals surface area (Å²) in [7, 11) is 3.55. The van der Waals surface area contributed by atoms with Crippen molar-refractivity contribution in [3.8, 4) is 0 Å². The van der Waals surface area contributed by atoms with Crippen molar-refractivity contribution in [2.24, 2.45) is 0 Å². The van der Waals surface area contributed by atoms with Crippen LogP contribution in [-0.2, 0) is 0 Å². The summed E-state index contributed by atoms with van der Waals surface area (Å²) in [6, 6.07) is 3.65. The van der Waals surface area contributed by atoms with E-state index in [-0.39, 0.29) is 11.9 Å². The molecule has 0 spiro atoms.